The molecule has 0 unspecified atom stereocenters. The smallest absolute Gasteiger partial charge is 0.313 e. The quantitative estimate of drug-likeness (QED) is 0.394. The van der Waals surface area contributed by atoms with Crippen molar-refractivity contribution in [1.29, 1.82) is 5.41 Å². The average Bonchev–Trinajstić information content (AvgIpc) is 2.91. The molecule has 3 aliphatic rings. The molecule has 1 aromatic heterocycles. The number of amides is 2. The van der Waals surface area contributed by atoms with Crippen LogP contribution in [0.25, 0.3) is 0 Å². The number of pyridine rings is 1. The molecule has 0 saturated carbocycles. The van der Waals surface area contributed by atoms with Crippen molar-refractivity contribution in [3.05, 3.63) is 53.4 Å². The van der Waals surface area contributed by atoms with Crippen molar-refractivity contribution in [3.63, 3.8) is 0 Å². The van der Waals surface area contributed by atoms with Crippen LogP contribution in [0.15, 0.2) is 47.8 Å². The summed E-state index contributed by atoms with van der Waals surface area (Å²) in [5, 5.41) is 15.1. The number of carbonyl (C=O) groups is 2. The van der Waals surface area contributed by atoms with Gasteiger partial charge in [0.15, 0.2) is 0 Å². The number of hydrogen-bond acceptors (Lipinski definition) is 7. The van der Waals surface area contributed by atoms with Crippen LogP contribution in [-0.2, 0) is 16.0 Å². The highest BCUT2D eigenvalue weighted by Gasteiger charge is 2.43. The summed E-state index contributed by atoms with van der Waals surface area (Å²) in [6.45, 7) is 13.7. The fourth-order valence-electron chi connectivity index (χ4n) is 6.51. The highest BCUT2D eigenvalue weighted by Crippen LogP contribution is 2.37. The van der Waals surface area contributed by atoms with E-state index in [1.165, 1.54) is 6.20 Å². The number of nitrogens with one attached hydrogen (secondary N) is 3. The maximum absolute atomic E-state index is 13.4. The van der Waals surface area contributed by atoms with E-state index in [-0.39, 0.29) is 23.0 Å². The molecule has 0 radical (unpaired) electrons. The van der Waals surface area contributed by atoms with Crippen molar-refractivity contribution >= 4 is 29.0 Å². The minimum Gasteiger partial charge on any atom is -0.387 e. The summed E-state index contributed by atoms with van der Waals surface area (Å²) in [4.78, 5) is 34.7. The number of rotatable bonds is 5. The molecule has 2 atom stereocenters. The maximum atomic E-state index is 13.4. The number of nitrogens with zero attached hydrogens (tertiary/aromatic N) is 3. The predicted molar refractivity (Wildman–Crippen MR) is 166 cm³/mol. The van der Waals surface area contributed by atoms with Crippen LogP contribution in [0.2, 0.25) is 0 Å². The zero-order valence-corrected chi connectivity index (χ0v) is 25.7. The molecular weight excluding hydrogens is 514 g/mol. The topological polar surface area (TPSA) is 127 Å². The van der Waals surface area contributed by atoms with Gasteiger partial charge in [0.25, 0.3) is 0 Å². The third-order valence-corrected chi connectivity index (χ3v) is 9.16. The van der Waals surface area contributed by atoms with Crippen LogP contribution in [0.3, 0.4) is 0 Å². The number of aromatic nitrogens is 1. The number of carbonyl (C=O) groups excluding carboxylic acids is 2. The van der Waals surface area contributed by atoms with Gasteiger partial charge in [-0.3, -0.25) is 14.5 Å². The first-order chi connectivity index (χ1) is 19.2. The third kappa shape index (κ3) is 6.72. The van der Waals surface area contributed by atoms with E-state index in [0.29, 0.717) is 36.2 Å². The molecule has 9 nitrogen and oxygen atoms in total. The number of nitrogen functional groups attached to an aromatic ring is 1. The van der Waals surface area contributed by atoms with Gasteiger partial charge in [-0.05, 0) is 96.0 Å². The van der Waals surface area contributed by atoms with E-state index in [0.717, 1.165) is 42.4 Å². The first-order valence-corrected chi connectivity index (χ1v) is 14.8. The van der Waals surface area contributed by atoms with E-state index >= 15 is 0 Å². The number of aryl methyl sites for hydroxylation is 1. The van der Waals surface area contributed by atoms with Gasteiger partial charge in [0.2, 0.25) is 0 Å². The van der Waals surface area contributed by atoms with Gasteiger partial charge in [-0.1, -0.05) is 26.0 Å². The molecule has 0 spiro atoms. The third-order valence-electron chi connectivity index (χ3n) is 9.16. The number of nitrogens with two attached hydrogens (primary N) is 1. The Labute approximate surface area is 244 Å². The molecule has 2 amide bonds. The number of anilines is 2. The van der Waals surface area contributed by atoms with Crippen LogP contribution < -0.4 is 16.4 Å². The monoisotopic (exact) mass is 561 g/mol. The number of allylic oxidation sites excluding steroid dienone is 3. The lowest BCUT2D eigenvalue weighted by molar-refractivity contribution is -0.145. The summed E-state index contributed by atoms with van der Waals surface area (Å²) in [6, 6.07) is 1.81. The minimum atomic E-state index is -0.693. The minimum absolute atomic E-state index is 0.0734. The number of hydrogen-bond donors (Lipinski definition) is 4. The fourth-order valence-corrected chi connectivity index (χ4v) is 6.51. The lowest BCUT2D eigenvalue weighted by atomic mass is 9.77. The predicted octanol–water partition coefficient (Wildman–Crippen LogP) is 4.43. The Morgan fingerprint density at radius 2 is 1.85 bits per heavy atom. The van der Waals surface area contributed by atoms with Crippen LogP contribution >= 0.6 is 0 Å². The maximum Gasteiger partial charge on any atom is 0.313 e. The van der Waals surface area contributed by atoms with E-state index in [9.17, 15) is 9.59 Å². The molecular formula is C32H47N7O2. The standard InChI is InChI=1S/C32H47N7O2/c1-8-21-13-24(18-36-28(21)34)37-29(40)30(41)39-19-20(2)9-12-27(39)22-10-11-23(26(33)14-22)17-35-25-15-31(3,4)38(7)32(5,6)16-25/h10-11,13-14,17-18,20,25,27,33,35H,8-9,12,15-16,19H2,1-7H3,(H2,34,36)(H,37,40)/b23-17-,33-26?/t20-,27+/m0/s1. The van der Waals surface area contributed by atoms with Crippen LogP contribution in [0.5, 0.6) is 0 Å². The Morgan fingerprint density at radius 1 is 1.17 bits per heavy atom. The zero-order valence-electron chi connectivity index (χ0n) is 25.7. The van der Waals surface area contributed by atoms with Gasteiger partial charge in [0, 0.05) is 35.4 Å². The van der Waals surface area contributed by atoms with Crippen LogP contribution in [-0.4, -0.2) is 69.1 Å². The molecule has 3 heterocycles. The molecule has 1 aromatic rings. The molecule has 2 fully saturated rings. The van der Waals surface area contributed by atoms with Gasteiger partial charge < -0.3 is 26.7 Å². The van der Waals surface area contributed by atoms with Crippen molar-refractivity contribution in [3.8, 4) is 0 Å². The van der Waals surface area contributed by atoms with Crippen molar-refractivity contribution in [2.24, 2.45) is 5.92 Å². The molecule has 0 aromatic carbocycles. The highest BCUT2D eigenvalue weighted by atomic mass is 16.2. The Morgan fingerprint density at radius 3 is 2.49 bits per heavy atom. The molecule has 4 rings (SSSR count). The van der Waals surface area contributed by atoms with Crippen molar-refractivity contribution in [1.82, 2.24) is 20.1 Å². The summed E-state index contributed by atoms with van der Waals surface area (Å²) in [5.74, 6) is -0.569. The first-order valence-electron chi connectivity index (χ1n) is 14.8. The van der Waals surface area contributed by atoms with E-state index in [4.69, 9.17) is 11.1 Å². The molecule has 9 heteroatoms. The van der Waals surface area contributed by atoms with E-state index < -0.39 is 11.8 Å². The zero-order chi connectivity index (χ0) is 30.1. The fraction of sp³-hybridized carbons (Fsp3) is 0.562. The Kier molecular flexibility index (Phi) is 8.78. The lowest BCUT2D eigenvalue weighted by Gasteiger charge is -2.53. The number of likely N-dealkylation sites (tertiary alicyclic amines) is 2. The van der Waals surface area contributed by atoms with Gasteiger partial charge in [0.1, 0.15) is 5.82 Å². The van der Waals surface area contributed by atoms with Crippen LogP contribution in [0.4, 0.5) is 11.5 Å². The largest absolute Gasteiger partial charge is 0.387 e. The second-order valence-corrected chi connectivity index (χ2v) is 13.2. The van der Waals surface area contributed by atoms with Crippen molar-refractivity contribution < 1.29 is 9.59 Å². The molecule has 2 saturated heterocycles. The van der Waals surface area contributed by atoms with Gasteiger partial charge in [-0.2, -0.15) is 0 Å². The SMILES string of the molecule is CCc1cc(NC(=O)C(=O)N2C[C@@H](C)CC[C@@H]2C2=CC(=N)/C(=C\NC3CC(C)(C)N(C)C(C)(C)C3)C=C2)cnc1N. The average molecular weight is 562 g/mol. The summed E-state index contributed by atoms with van der Waals surface area (Å²) in [5.41, 5.74) is 9.39. The molecule has 222 valence electrons. The van der Waals surface area contributed by atoms with Gasteiger partial charge in [-0.25, -0.2) is 4.98 Å². The second kappa shape index (κ2) is 11.8. The molecule has 1 aliphatic carbocycles. The van der Waals surface area contributed by atoms with Crippen molar-refractivity contribution in [2.75, 3.05) is 24.6 Å². The summed E-state index contributed by atoms with van der Waals surface area (Å²) in [7, 11) is 2.20. The highest BCUT2D eigenvalue weighted by molar-refractivity contribution is 6.39. The molecule has 5 N–H and O–H groups in total. The first kappa shape index (κ1) is 30.5. The number of piperidine rings is 2. The second-order valence-electron chi connectivity index (χ2n) is 13.2. The molecule has 2 aliphatic heterocycles. The van der Waals surface area contributed by atoms with E-state index in [1.807, 2.05) is 31.4 Å². The van der Waals surface area contributed by atoms with E-state index in [2.05, 4.69) is 62.2 Å². The molecule has 41 heavy (non-hydrogen) atoms. The summed E-state index contributed by atoms with van der Waals surface area (Å²) >= 11 is 0. The Bertz CT molecular complexity index is 1270. The van der Waals surface area contributed by atoms with Gasteiger partial charge in [0.05, 0.1) is 23.6 Å². The van der Waals surface area contributed by atoms with Gasteiger partial charge in [-0.15, -0.1) is 0 Å². The van der Waals surface area contributed by atoms with Crippen molar-refractivity contribution in [2.45, 2.75) is 96.8 Å². The Balaban J connectivity index is 1.45. The lowest BCUT2D eigenvalue weighted by Crippen LogP contribution is -2.61. The molecule has 0 bridgehead atoms. The van der Waals surface area contributed by atoms with Gasteiger partial charge >= 0.3 is 11.8 Å². The normalized spacial score (nSPS) is 25.6. The Hall–Kier alpha value is -3.46. The summed E-state index contributed by atoms with van der Waals surface area (Å²) < 4.78 is 0. The summed E-state index contributed by atoms with van der Waals surface area (Å²) in [6.07, 6.45) is 13.6. The van der Waals surface area contributed by atoms with E-state index in [1.54, 1.807) is 11.0 Å². The van der Waals surface area contributed by atoms with Crippen LogP contribution in [0, 0.1) is 11.3 Å². The van der Waals surface area contributed by atoms with Crippen LogP contribution in [0.1, 0.15) is 72.8 Å².